The summed E-state index contributed by atoms with van der Waals surface area (Å²) in [6.45, 7) is 0.857. The summed E-state index contributed by atoms with van der Waals surface area (Å²) in [5.41, 5.74) is 0. The molecule has 0 aromatic carbocycles. The highest BCUT2D eigenvalue weighted by Crippen LogP contribution is 2.27. The second kappa shape index (κ2) is 6.01. The Bertz CT molecular complexity index is 370. The van der Waals surface area contributed by atoms with E-state index in [1.54, 1.807) is 4.90 Å². The molecule has 0 atom stereocenters. The average molecular weight is 292 g/mol. The van der Waals surface area contributed by atoms with Crippen molar-refractivity contribution in [1.29, 1.82) is 0 Å². The number of hydrogen-bond donors (Lipinski definition) is 1. The highest BCUT2D eigenvalue weighted by Gasteiger charge is 2.40. The summed E-state index contributed by atoms with van der Waals surface area (Å²) < 4.78 is 36.4. The van der Waals surface area contributed by atoms with Gasteiger partial charge in [-0.2, -0.15) is 13.2 Å². The van der Waals surface area contributed by atoms with Crippen LogP contribution in [0.1, 0.15) is 38.5 Å². The van der Waals surface area contributed by atoms with Crippen molar-refractivity contribution in [2.24, 2.45) is 5.92 Å². The van der Waals surface area contributed by atoms with E-state index in [-0.39, 0.29) is 11.8 Å². The first-order valence-corrected chi connectivity index (χ1v) is 7.04. The zero-order valence-corrected chi connectivity index (χ0v) is 11.2. The van der Waals surface area contributed by atoms with E-state index >= 15 is 0 Å². The van der Waals surface area contributed by atoms with Crippen molar-refractivity contribution in [2.75, 3.05) is 13.1 Å². The summed E-state index contributed by atoms with van der Waals surface area (Å²) >= 11 is 0. The molecule has 0 spiro atoms. The van der Waals surface area contributed by atoms with Crippen molar-refractivity contribution in [2.45, 2.75) is 50.7 Å². The largest absolute Gasteiger partial charge is 0.471 e. The number of likely N-dealkylation sites (tertiary alicyclic amines) is 1. The standard InChI is InChI=1S/C13H19F3N2O2/c14-13(15,16)12(20)17-10-5-7-18(8-6-10)11(19)9-3-1-2-4-9/h9-10H,1-8H2,(H,17,20). The minimum atomic E-state index is -4.84. The number of amides is 2. The summed E-state index contributed by atoms with van der Waals surface area (Å²) in [7, 11) is 0. The lowest BCUT2D eigenvalue weighted by atomic mass is 10.0. The molecule has 1 heterocycles. The molecule has 1 saturated carbocycles. The monoisotopic (exact) mass is 292 g/mol. The van der Waals surface area contributed by atoms with Crippen LogP contribution >= 0.6 is 0 Å². The Kier molecular flexibility index (Phi) is 4.55. The van der Waals surface area contributed by atoms with Crippen LogP contribution in [0, 0.1) is 5.92 Å². The highest BCUT2D eigenvalue weighted by atomic mass is 19.4. The van der Waals surface area contributed by atoms with Gasteiger partial charge < -0.3 is 10.2 Å². The first-order chi connectivity index (χ1) is 9.38. The maximum Gasteiger partial charge on any atom is 0.471 e. The lowest BCUT2D eigenvalue weighted by Crippen LogP contribution is -2.50. The molecule has 4 nitrogen and oxygen atoms in total. The number of hydrogen-bond acceptors (Lipinski definition) is 2. The Morgan fingerprint density at radius 2 is 1.55 bits per heavy atom. The zero-order valence-electron chi connectivity index (χ0n) is 11.2. The lowest BCUT2D eigenvalue weighted by Gasteiger charge is -2.34. The third-order valence-electron chi connectivity index (χ3n) is 4.10. The number of halogens is 3. The third-order valence-corrected chi connectivity index (χ3v) is 4.10. The van der Waals surface area contributed by atoms with Crippen molar-refractivity contribution < 1.29 is 22.8 Å². The molecule has 2 aliphatic rings. The number of carbonyl (C=O) groups excluding carboxylic acids is 2. The molecule has 1 aliphatic carbocycles. The molecular formula is C13H19F3N2O2. The minimum absolute atomic E-state index is 0.0938. The predicted octanol–water partition coefficient (Wildman–Crippen LogP) is 1.85. The SMILES string of the molecule is O=C(C1CCCC1)N1CCC(NC(=O)C(F)(F)F)CC1. The Morgan fingerprint density at radius 1 is 1.00 bits per heavy atom. The molecule has 7 heteroatoms. The molecule has 1 N–H and O–H groups in total. The summed E-state index contributed by atoms with van der Waals surface area (Å²) in [4.78, 5) is 24.7. The fourth-order valence-electron chi connectivity index (χ4n) is 2.94. The van der Waals surface area contributed by atoms with E-state index in [1.165, 1.54) is 0 Å². The van der Waals surface area contributed by atoms with E-state index in [9.17, 15) is 22.8 Å². The Hall–Kier alpha value is -1.27. The van der Waals surface area contributed by atoms with Crippen molar-refractivity contribution >= 4 is 11.8 Å². The molecular weight excluding hydrogens is 273 g/mol. The van der Waals surface area contributed by atoms with E-state index in [0.29, 0.717) is 25.9 Å². The first-order valence-electron chi connectivity index (χ1n) is 7.04. The van der Waals surface area contributed by atoms with Gasteiger partial charge in [0.15, 0.2) is 0 Å². The molecule has 0 unspecified atom stereocenters. The average Bonchev–Trinajstić information content (AvgIpc) is 2.91. The molecule has 0 radical (unpaired) electrons. The maximum absolute atomic E-state index is 12.1. The molecule has 1 aliphatic heterocycles. The molecule has 20 heavy (non-hydrogen) atoms. The molecule has 0 aromatic rings. The molecule has 1 saturated heterocycles. The van der Waals surface area contributed by atoms with Gasteiger partial charge >= 0.3 is 12.1 Å². The van der Waals surface area contributed by atoms with Gasteiger partial charge in [-0.3, -0.25) is 9.59 Å². The Labute approximate surface area is 115 Å². The van der Waals surface area contributed by atoms with Crippen LogP contribution < -0.4 is 5.32 Å². The second-order valence-electron chi connectivity index (χ2n) is 5.55. The van der Waals surface area contributed by atoms with Gasteiger partial charge in [0.25, 0.3) is 0 Å². The summed E-state index contributed by atoms with van der Waals surface area (Å²) in [5.74, 6) is -1.67. The first kappa shape index (κ1) is 15.1. The molecule has 2 fully saturated rings. The highest BCUT2D eigenvalue weighted by molar-refractivity contribution is 5.82. The summed E-state index contributed by atoms with van der Waals surface area (Å²) in [5, 5.41) is 1.99. The molecule has 0 bridgehead atoms. The summed E-state index contributed by atoms with van der Waals surface area (Å²) in [6.07, 6.45) is -0.0620. The van der Waals surface area contributed by atoms with Gasteiger partial charge in [0.05, 0.1) is 0 Å². The number of piperidine rings is 1. The fourth-order valence-corrected chi connectivity index (χ4v) is 2.94. The number of nitrogens with zero attached hydrogens (tertiary/aromatic N) is 1. The van der Waals surface area contributed by atoms with Gasteiger partial charge in [-0.1, -0.05) is 12.8 Å². The molecule has 0 aromatic heterocycles. The van der Waals surface area contributed by atoms with E-state index in [2.05, 4.69) is 0 Å². The van der Waals surface area contributed by atoms with E-state index in [0.717, 1.165) is 25.7 Å². The van der Waals surface area contributed by atoms with Crippen LogP contribution in [0.4, 0.5) is 13.2 Å². The van der Waals surface area contributed by atoms with Crippen molar-refractivity contribution in [1.82, 2.24) is 10.2 Å². The summed E-state index contributed by atoms with van der Waals surface area (Å²) in [6, 6.07) is -0.489. The van der Waals surface area contributed by atoms with E-state index < -0.39 is 18.1 Å². The van der Waals surface area contributed by atoms with Gasteiger partial charge in [-0.25, -0.2) is 0 Å². The van der Waals surface area contributed by atoms with Gasteiger partial charge in [-0.15, -0.1) is 0 Å². The van der Waals surface area contributed by atoms with Crippen LogP contribution in [-0.2, 0) is 9.59 Å². The molecule has 114 valence electrons. The number of nitrogens with one attached hydrogen (secondary N) is 1. The van der Waals surface area contributed by atoms with Crippen LogP contribution in [0.15, 0.2) is 0 Å². The van der Waals surface area contributed by atoms with Crippen molar-refractivity contribution in [3.05, 3.63) is 0 Å². The van der Waals surface area contributed by atoms with Crippen molar-refractivity contribution in [3.63, 3.8) is 0 Å². The normalized spacial score (nSPS) is 22.1. The Balaban J connectivity index is 1.77. The second-order valence-corrected chi connectivity index (χ2v) is 5.55. The number of rotatable bonds is 2. The van der Waals surface area contributed by atoms with E-state index in [4.69, 9.17) is 0 Å². The third kappa shape index (κ3) is 3.64. The van der Waals surface area contributed by atoms with Crippen LogP contribution in [-0.4, -0.2) is 42.0 Å². The fraction of sp³-hybridized carbons (Fsp3) is 0.846. The van der Waals surface area contributed by atoms with Gasteiger partial charge in [0, 0.05) is 25.0 Å². The molecule has 2 amide bonds. The smallest absolute Gasteiger partial charge is 0.345 e. The Morgan fingerprint density at radius 3 is 2.05 bits per heavy atom. The number of carbonyl (C=O) groups is 2. The van der Waals surface area contributed by atoms with Crippen LogP contribution in [0.5, 0.6) is 0 Å². The quantitative estimate of drug-likeness (QED) is 0.844. The van der Waals surface area contributed by atoms with Crippen LogP contribution in [0.3, 0.4) is 0 Å². The number of alkyl halides is 3. The van der Waals surface area contributed by atoms with Crippen LogP contribution in [0.25, 0.3) is 0 Å². The molecule has 2 rings (SSSR count). The predicted molar refractivity (Wildman–Crippen MR) is 65.8 cm³/mol. The van der Waals surface area contributed by atoms with Gasteiger partial charge in [0.2, 0.25) is 5.91 Å². The minimum Gasteiger partial charge on any atom is -0.345 e. The van der Waals surface area contributed by atoms with Crippen molar-refractivity contribution in [3.8, 4) is 0 Å². The topological polar surface area (TPSA) is 49.4 Å². The lowest BCUT2D eigenvalue weighted by molar-refractivity contribution is -0.174. The van der Waals surface area contributed by atoms with Gasteiger partial charge in [-0.05, 0) is 25.7 Å². The zero-order chi connectivity index (χ0) is 14.8. The van der Waals surface area contributed by atoms with Gasteiger partial charge in [0.1, 0.15) is 0 Å². The maximum atomic E-state index is 12.1. The van der Waals surface area contributed by atoms with Crippen LogP contribution in [0.2, 0.25) is 0 Å². The van der Waals surface area contributed by atoms with E-state index in [1.807, 2.05) is 5.32 Å².